The Kier molecular flexibility index (Phi) is 3.52. The van der Waals surface area contributed by atoms with Gasteiger partial charge < -0.3 is 15.7 Å². The molecule has 0 atom stereocenters. The molecule has 0 aromatic carbocycles. The van der Waals surface area contributed by atoms with Crippen molar-refractivity contribution >= 4 is 17.3 Å². The Morgan fingerprint density at radius 2 is 2.05 bits per heavy atom. The molecule has 3 N–H and O–H groups in total. The number of carboxylic acid groups (broad SMARTS) is 1. The highest BCUT2D eigenvalue weighted by Gasteiger charge is 2.21. The van der Waals surface area contributed by atoms with E-state index in [0.29, 0.717) is 23.7 Å². The third-order valence-corrected chi connectivity index (χ3v) is 3.93. The lowest BCUT2D eigenvalue weighted by atomic mass is 10.3. The standard InChI is InChI=1S/C14H19N5O2/c1-17-5-7-18(8-6-17)9-12-16-13(14(20)21)10-3-2-4-11(15)19(10)12/h2-4H,5-9,15H2,1H3,(H,20,21). The SMILES string of the molecule is CN1CCN(Cc2nc(C(=O)O)c3cccc(N)n23)CC1. The topological polar surface area (TPSA) is 87.1 Å². The summed E-state index contributed by atoms with van der Waals surface area (Å²) in [5.74, 6) is 0.171. The third kappa shape index (κ3) is 2.57. The van der Waals surface area contributed by atoms with Crippen LogP contribution in [-0.2, 0) is 6.54 Å². The van der Waals surface area contributed by atoms with Gasteiger partial charge in [-0.3, -0.25) is 9.30 Å². The Hall–Kier alpha value is -2.12. The molecule has 0 unspecified atom stereocenters. The lowest BCUT2D eigenvalue weighted by Crippen LogP contribution is -2.44. The van der Waals surface area contributed by atoms with Crippen LogP contribution in [0, 0.1) is 0 Å². The van der Waals surface area contributed by atoms with Gasteiger partial charge in [0.2, 0.25) is 0 Å². The zero-order valence-electron chi connectivity index (χ0n) is 12.0. The third-order valence-electron chi connectivity index (χ3n) is 3.93. The highest BCUT2D eigenvalue weighted by atomic mass is 16.4. The van der Waals surface area contributed by atoms with E-state index in [1.54, 1.807) is 22.6 Å². The number of carboxylic acids is 1. The van der Waals surface area contributed by atoms with Crippen LogP contribution >= 0.6 is 0 Å². The summed E-state index contributed by atoms with van der Waals surface area (Å²) in [5, 5.41) is 9.29. The average molecular weight is 289 g/mol. The van der Waals surface area contributed by atoms with Crippen molar-refractivity contribution < 1.29 is 9.90 Å². The minimum absolute atomic E-state index is 0.0615. The molecular weight excluding hydrogens is 270 g/mol. The molecule has 0 radical (unpaired) electrons. The van der Waals surface area contributed by atoms with E-state index in [2.05, 4.69) is 21.8 Å². The molecule has 1 aliphatic rings. The number of pyridine rings is 1. The Bertz CT molecular complexity index is 673. The van der Waals surface area contributed by atoms with Gasteiger partial charge in [-0.1, -0.05) is 6.07 Å². The van der Waals surface area contributed by atoms with E-state index in [0.717, 1.165) is 26.2 Å². The van der Waals surface area contributed by atoms with E-state index in [9.17, 15) is 9.90 Å². The lowest BCUT2D eigenvalue weighted by molar-refractivity contribution is 0.0693. The minimum atomic E-state index is -1.03. The first-order chi connectivity index (χ1) is 10.1. The summed E-state index contributed by atoms with van der Waals surface area (Å²) in [6.45, 7) is 4.51. The molecule has 112 valence electrons. The Labute approximate surface area is 122 Å². The van der Waals surface area contributed by atoms with Crippen LogP contribution in [0.15, 0.2) is 18.2 Å². The summed E-state index contributed by atoms with van der Waals surface area (Å²) >= 11 is 0. The molecule has 3 rings (SSSR count). The van der Waals surface area contributed by atoms with Crippen LogP contribution in [0.25, 0.3) is 5.52 Å². The molecule has 1 fully saturated rings. The zero-order chi connectivity index (χ0) is 15.0. The molecule has 2 aromatic rings. The van der Waals surface area contributed by atoms with E-state index in [-0.39, 0.29) is 5.69 Å². The van der Waals surface area contributed by atoms with Crippen LogP contribution in [0.2, 0.25) is 0 Å². The van der Waals surface area contributed by atoms with E-state index in [1.807, 2.05) is 0 Å². The Morgan fingerprint density at radius 3 is 2.71 bits per heavy atom. The summed E-state index contributed by atoms with van der Waals surface area (Å²) in [5.41, 5.74) is 6.61. The van der Waals surface area contributed by atoms with Crippen molar-refractivity contribution in [1.82, 2.24) is 19.2 Å². The number of nitrogen functional groups attached to an aromatic ring is 1. The number of piperazine rings is 1. The lowest BCUT2D eigenvalue weighted by Gasteiger charge is -2.31. The summed E-state index contributed by atoms with van der Waals surface area (Å²) in [4.78, 5) is 20.2. The fraction of sp³-hybridized carbons (Fsp3) is 0.429. The number of likely N-dealkylation sites (N-methyl/N-ethyl adjacent to an activating group) is 1. The van der Waals surface area contributed by atoms with Gasteiger partial charge in [0.1, 0.15) is 11.6 Å². The molecule has 0 amide bonds. The number of imidazole rings is 1. The van der Waals surface area contributed by atoms with Crippen LogP contribution in [-0.4, -0.2) is 63.5 Å². The number of nitrogens with two attached hydrogens (primary N) is 1. The van der Waals surface area contributed by atoms with Gasteiger partial charge in [-0.2, -0.15) is 0 Å². The molecule has 0 saturated carbocycles. The summed E-state index contributed by atoms with van der Waals surface area (Å²) in [7, 11) is 2.10. The van der Waals surface area contributed by atoms with Gasteiger partial charge in [0.05, 0.1) is 12.1 Å². The van der Waals surface area contributed by atoms with Crippen LogP contribution in [0.5, 0.6) is 0 Å². The maximum absolute atomic E-state index is 11.3. The number of fused-ring (bicyclic) bond motifs is 1. The van der Waals surface area contributed by atoms with Crippen LogP contribution in [0.3, 0.4) is 0 Å². The molecule has 0 spiro atoms. The summed E-state index contributed by atoms with van der Waals surface area (Å²) in [6, 6.07) is 5.24. The first-order valence-electron chi connectivity index (χ1n) is 6.96. The number of aromatic carboxylic acids is 1. The smallest absolute Gasteiger partial charge is 0.356 e. The van der Waals surface area contributed by atoms with Crippen molar-refractivity contribution in [3.63, 3.8) is 0 Å². The highest BCUT2D eigenvalue weighted by Crippen LogP contribution is 2.19. The number of rotatable bonds is 3. The first kappa shape index (κ1) is 13.8. The van der Waals surface area contributed by atoms with Crippen molar-refractivity contribution in [2.75, 3.05) is 39.0 Å². The van der Waals surface area contributed by atoms with Crippen molar-refractivity contribution in [2.24, 2.45) is 0 Å². The van der Waals surface area contributed by atoms with Crippen LogP contribution < -0.4 is 5.73 Å². The second-order valence-electron chi connectivity index (χ2n) is 5.43. The predicted octanol–water partition coefficient (Wildman–Crippen LogP) is 0.362. The second-order valence-corrected chi connectivity index (χ2v) is 5.43. The molecule has 0 aliphatic carbocycles. The second kappa shape index (κ2) is 5.34. The number of aromatic nitrogens is 2. The Balaban J connectivity index is 1.96. The predicted molar refractivity (Wildman–Crippen MR) is 79.3 cm³/mol. The Morgan fingerprint density at radius 1 is 1.33 bits per heavy atom. The van der Waals surface area contributed by atoms with E-state index in [1.165, 1.54) is 0 Å². The van der Waals surface area contributed by atoms with Gasteiger partial charge in [-0.15, -0.1) is 0 Å². The fourth-order valence-electron chi connectivity index (χ4n) is 2.70. The number of hydrogen-bond acceptors (Lipinski definition) is 5. The average Bonchev–Trinajstić information content (AvgIpc) is 2.82. The summed E-state index contributed by atoms with van der Waals surface area (Å²) < 4.78 is 1.74. The van der Waals surface area contributed by atoms with Crippen molar-refractivity contribution in [2.45, 2.75) is 6.54 Å². The van der Waals surface area contributed by atoms with Gasteiger partial charge in [-0.05, 0) is 19.2 Å². The van der Waals surface area contributed by atoms with Crippen molar-refractivity contribution in [1.29, 1.82) is 0 Å². The largest absolute Gasteiger partial charge is 0.476 e. The fourth-order valence-corrected chi connectivity index (χ4v) is 2.70. The summed E-state index contributed by atoms with van der Waals surface area (Å²) in [6.07, 6.45) is 0. The van der Waals surface area contributed by atoms with Gasteiger partial charge in [0, 0.05) is 26.2 Å². The zero-order valence-corrected chi connectivity index (χ0v) is 12.0. The number of anilines is 1. The number of hydrogen-bond donors (Lipinski definition) is 2. The quantitative estimate of drug-likeness (QED) is 0.848. The van der Waals surface area contributed by atoms with E-state index < -0.39 is 5.97 Å². The minimum Gasteiger partial charge on any atom is -0.476 e. The highest BCUT2D eigenvalue weighted by molar-refractivity contribution is 5.94. The first-order valence-corrected chi connectivity index (χ1v) is 6.96. The van der Waals surface area contributed by atoms with Crippen molar-refractivity contribution in [3.05, 3.63) is 29.7 Å². The van der Waals surface area contributed by atoms with Gasteiger partial charge >= 0.3 is 5.97 Å². The molecular formula is C14H19N5O2. The normalized spacial score (nSPS) is 17.4. The van der Waals surface area contributed by atoms with Gasteiger partial charge in [-0.25, -0.2) is 9.78 Å². The molecule has 3 heterocycles. The maximum atomic E-state index is 11.3. The van der Waals surface area contributed by atoms with Crippen molar-refractivity contribution in [3.8, 4) is 0 Å². The monoisotopic (exact) mass is 289 g/mol. The molecule has 1 aliphatic heterocycles. The number of nitrogens with zero attached hydrogens (tertiary/aromatic N) is 4. The molecule has 0 bridgehead atoms. The van der Waals surface area contributed by atoms with Gasteiger partial charge in [0.25, 0.3) is 0 Å². The van der Waals surface area contributed by atoms with E-state index >= 15 is 0 Å². The van der Waals surface area contributed by atoms with Crippen LogP contribution in [0.4, 0.5) is 5.82 Å². The van der Waals surface area contributed by atoms with E-state index in [4.69, 9.17) is 5.73 Å². The number of carbonyl (C=O) groups is 1. The molecule has 2 aromatic heterocycles. The van der Waals surface area contributed by atoms with Crippen LogP contribution in [0.1, 0.15) is 16.3 Å². The maximum Gasteiger partial charge on any atom is 0.356 e. The molecule has 1 saturated heterocycles. The molecule has 7 nitrogen and oxygen atoms in total. The van der Waals surface area contributed by atoms with Gasteiger partial charge in [0.15, 0.2) is 5.69 Å². The molecule has 7 heteroatoms. The molecule has 21 heavy (non-hydrogen) atoms.